The van der Waals surface area contributed by atoms with Gasteiger partial charge in [-0.15, -0.1) is 0 Å². The Kier molecular flexibility index (Phi) is 7.34. The largest absolute Gasteiger partial charge is 0.384 e. The number of rotatable bonds is 4. The Labute approximate surface area is 242 Å². The molecule has 220 valence electrons. The van der Waals surface area contributed by atoms with Gasteiger partial charge in [0.1, 0.15) is 11.4 Å². The van der Waals surface area contributed by atoms with Crippen LogP contribution in [-0.4, -0.2) is 43.7 Å². The number of carbonyl (C=O) groups is 1. The first-order chi connectivity index (χ1) is 20.1. The van der Waals surface area contributed by atoms with Gasteiger partial charge in [-0.1, -0.05) is 30.3 Å². The Morgan fingerprint density at radius 1 is 1.02 bits per heavy atom. The van der Waals surface area contributed by atoms with Crippen LogP contribution in [0.3, 0.4) is 0 Å². The number of nitrogens with one attached hydrogen (secondary N) is 2. The average Bonchev–Trinajstić information content (AvgIpc) is 3.32. The molecule has 0 saturated carbocycles. The van der Waals surface area contributed by atoms with Crippen molar-refractivity contribution in [2.24, 2.45) is 0 Å². The molecule has 2 aliphatic heterocycles. The van der Waals surface area contributed by atoms with Gasteiger partial charge in [0.25, 0.3) is 5.56 Å². The first-order valence-electron chi connectivity index (χ1n) is 14.5. The first kappa shape index (κ1) is 28.1. The third-order valence-electron chi connectivity index (χ3n) is 8.75. The SMILES string of the molecule is CC(C)(O)c1cnc2n1C[C@H](c1cccc(F)c1F)CC[C@H]2NC(=O)N1CCC(c2cc3ccccc3[nH]c2=O)CC1. The highest BCUT2D eigenvalue weighted by Gasteiger charge is 2.35. The van der Waals surface area contributed by atoms with Gasteiger partial charge in [-0.2, -0.15) is 0 Å². The van der Waals surface area contributed by atoms with Gasteiger partial charge in [0.15, 0.2) is 11.6 Å². The number of piperidine rings is 1. The maximum Gasteiger partial charge on any atom is 0.317 e. The topological polar surface area (TPSA) is 103 Å². The zero-order valence-electron chi connectivity index (χ0n) is 23.7. The zero-order chi connectivity index (χ0) is 29.6. The van der Waals surface area contributed by atoms with E-state index < -0.39 is 23.3 Å². The quantitative estimate of drug-likeness (QED) is 0.302. The molecule has 0 bridgehead atoms. The van der Waals surface area contributed by atoms with Gasteiger partial charge in [0, 0.05) is 36.6 Å². The molecule has 2 atom stereocenters. The molecule has 3 N–H and O–H groups in total. The summed E-state index contributed by atoms with van der Waals surface area (Å²) in [6, 6.07) is 13.1. The average molecular weight is 576 g/mol. The Balaban J connectivity index is 1.19. The second-order valence-corrected chi connectivity index (χ2v) is 12.0. The summed E-state index contributed by atoms with van der Waals surface area (Å²) in [6.07, 6.45) is 3.88. The number of hydrogen-bond acceptors (Lipinski definition) is 4. The number of aliphatic hydroxyl groups is 1. The van der Waals surface area contributed by atoms with E-state index in [2.05, 4.69) is 15.3 Å². The number of aromatic amines is 1. The van der Waals surface area contributed by atoms with Crippen molar-refractivity contribution in [3.05, 3.63) is 99.4 Å². The van der Waals surface area contributed by atoms with Crippen molar-refractivity contribution in [2.45, 2.75) is 69.6 Å². The fraction of sp³-hybridized carbons (Fsp3) is 0.406. The number of urea groups is 1. The molecule has 2 aromatic carbocycles. The summed E-state index contributed by atoms with van der Waals surface area (Å²) in [5.41, 5.74) is 1.05. The highest BCUT2D eigenvalue weighted by Crippen LogP contribution is 2.37. The minimum absolute atomic E-state index is 0.0513. The van der Waals surface area contributed by atoms with Gasteiger partial charge in [-0.05, 0) is 74.6 Å². The molecule has 10 heteroatoms. The lowest BCUT2D eigenvalue weighted by Gasteiger charge is -2.33. The molecule has 4 aromatic rings. The standard InChI is InChI=1S/C32H35F2N5O3/c1-32(2,42)27-17-35-29-26(11-10-21(18-39(27)29)22-7-5-8-24(33)28(22)34)37-31(41)38-14-12-19(13-15-38)23-16-20-6-3-4-9-25(20)36-30(23)40/h3-9,16-17,19,21,26,42H,10-15,18H2,1-2H3,(H,36,40)(H,37,41)/t21-,26-/m1/s1. The Bertz CT molecular complexity index is 1680. The highest BCUT2D eigenvalue weighted by atomic mass is 19.2. The van der Waals surface area contributed by atoms with Crippen molar-refractivity contribution in [3.8, 4) is 0 Å². The number of para-hydroxylation sites is 1. The van der Waals surface area contributed by atoms with Crippen LogP contribution in [0.15, 0.2) is 59.5 Å². The maximum atomic E-state index is 14.8. The predicted octanol–water partition coefficient (Wildman–Crippen LogP) is 5.44. The van der Waals surface area contributed by atoms with Crippen LogP contribution in [0.4, 0.5) is 13.6 Å². The van der Waals surface area contributed by atoms with E-state index in [1.54, 1.807) is 31.0 Å². The number of fused-ring (bicyclic) bond motifs is 2. The molecule has 6 rings (SSSR count). The fourth-order valence-electron chi connectivity index (χ4n) is 6.48. The van der Waals surface area contributed by atoms with Crippen LogP contribution in [0.1, 0.15) is 80.1 Å². The molecule has 0 aliphatic carbocycles. The number of H-pyrrole nitrogens is 1. The fourth-order valence-corrected chi connectivity index (χ4v) is 6.48. The number of hydrogen-bond donors (Lipinski definition) is 3. The van der Waals surface area contributed by atoms with E-state index in [-0.39, 0.29) is 29.0 Å². The van der Waals surface area contributed by atoms with Gasteiger partial charge < -0.3 is 24.9 Å². The summed E-state index contributed by atoms with van der Waals surface area (Å²) < 4.78 is 30.8. The molecule has 2 aliphatic rings. The number of pyridine rings is 1. The van der Waals surface area contributed by atoms with Crippen molar-refractivity contribution in [2.75, 3.05) is 13.1 Å². The van der Waals surface area contributed by atoms with Crippen molar-refractivity contribution < 1.29 is 18.7 Å². The van der Waals surface area contributed by atoms with Gasteiger partial charge in [0.05, 0.1) is 17.9 Å². The number of amides is 2. The molecule has 0 spiro atoms. The highest BCUT2D eigenvalue weighted by molar-refractivity contribution is 5.79. The van der Waals surface area contributed by atoms with E-state index in [1.807, 2.05) is 34.9 Å². The Morgan fingerprint density at radius 2 is 1.79 bits per heavy atom. The normalized spacial score (nSPS) is 19.9. The van der Waals surface area contributed by atoms with E-state index >= 15 is 0 Å². The molecule has 0 radical (unpaired) electrons. The van der Waals surface area contributed by atoms with Crippen molar-refractivity contribution in [1.82, 2.24) is 24.8 Å². The smallest absolute Gasteiger partial charge is 0.317 e. The zero-order valence-corrected chi connectivity index (χ0v) is 23.7. The van der Waals surface area contributed by atoms with Gasteiger partial charge >= 0.3 is 6.03 Å². The second-order valence-electron chi connectivity index (χ2n) is 12.0. The third kappa shape index (κ3) is 5.31. The van der Waals surface area contributed by atoms with Crippen LogP contribution in [0.2, 0.25) is 0 Å². The van der Waals surface area contributed by atoms with Crippen LogP contribution < -0.4 is 10.9 Å². The summed E-state index contributed by atoms with van der Waals surface area (Å²) in [7, 11) is 0. The van der Waals surface area contributed by atoms with Crippen LogP contribution >= 0.6 is 0 Å². The molecular formula is C32H35F2N5O3. The number of halogens is 2. The summed E-state index contributed by atoms with van der Waals surface area (Å²) in [5.74, 6) is -1.51. The summed E-state index contributed by atoms with van der Waals surface area (Å²) in [6.45, 7) is 4.59. The number of likely N-dealkylation sites (tertiary alicyclic amines) is 1. The number of aromatic nitrogens is 3. The number of carbonyl (C=O) groups excluding carboxylic acids is 1. The van der Waals surface area contributed by atoms with E-state index in [0.717, 1.165) is 22.5 Å². The number of benzene rings is 2. The van der Waals surface area contributed by atoms with E-state index in [9.17, 15) is 23.5 Å². The molecular weight excluding hydrogens is 540 g/mol. The molecule has 2 amide bonds. The minimum atomic E-state index is -1.22. The molecule has 2 aromatic heterocycles. The third-order valence-corrected chi connectivity index (χ3v) is 8.75. The molecule has 1 fully saturated rings. The van der Waals surface area contributed by atoms with Crippen LogP contribution in [-0.2, 0) is 12.1 Å². The molecule has 8 nitrogen and oxygen atoms in total. The lowest BCUT2D eigenvalue weighted by Crippen LogP contribution is -2.46. The van der Waals surface area contributed by atoms with E-state index in [4.69, 9.17) is 0 Å². The molecule has 4 heterocycles. The lowest BCUT2D eigenvalue weighted by molar-refractivity contribution is 0.0690. The lowest BCUT2D eigenvalue weighted by atomic mass is 9.89. The van der Waals surface area contributed by atoms with Crippen molar-refractivity contribution >= 4 is 16.9 Å². The summed E-state index contributed by atoms with van der Waals surface area (Å²) in [4.78, 5) is 35.6. The van der Waals surface area contributed by atoms with Crippen LogP contribution in [0.25, 0.3) is 10.9 Å². The predicted molar refractivity (Wildman–Crippen MR) is 155 cm³/mol. The van der Waals surface area contributed by atoms with E-state index in [1.165, 1.54) is 6.07 Å². The number of imidazole rings is 1. The molecule has 0 unspecified atom stereocenters. The molecule has 1 saturated heterocycles. The van der Waals surface area contributed by atoms with Gasteiger partial charge in [-0.25, -0.2) is 18.6 Å². The van der Waals surface area contributed by atoms with Crippen LogP contribution in [0.5, 0.6) is 0 Å². The van der Waals surface area contributed by atoms with Crippen molar-refractivity contribution in [3.63, 3.8) is 0 Å². The van der Waals surface area contributed by atoms with Gasteiger partial charge in [-0.3, -0.25) is 4.79 Å². The first-order valence-corrected chi connectivity index (χ1v) is 14.5. The van der Waals surface area contributed by atoms with Crippen LogP contribution in [0, 0.1) is 11.6 Å². The summed E-state index contributed by atoms with van der Waals surface area (Å²) >= 11 is 0. The maximum absolute atomic E-state index is 14.8. The Morgan fingerprint density at radius 3 is 2.55 bits per heavy atom. The Hall–Kier alpha value is -4.05. The minimum Gasteiger partial charge on any atom is -0.384 e. The molecule has 42 heavy (non-hydrogen) atoms. The second kappa shape index (κ2) is 11.0. The number of nitrogens with zero attached hydrogens (tertiary/aromatic N) is 3. The van der Waals surface area contributed by atoms with Gasteiger partial charge in [0.2, 0.25) is 0 Å². The monoisotopic (exact) mass is 575 g/mol. The van der Waals surface area contributed by atoms with E-state index in [0.29, 0.717) is 56.8 Å². The van der Waals surface area contributed by atoms with Crippen molar-refractivity contribution in [1.29, 1.82) is 0 Å². The summed E-state index contributed by atoms with van der Waals surface area (Å²) in [5, 5.41) is 14.9.